The molecule has 0 saturated carbocycles. The molecule has 2 aromatic heterocycles. The first-order valence-electron chi connectivity index (χ1n) is 10.1. The summed E-state index contributed by atoms with van der Waals surface area (Å²) in [6, 6.07) is 12.7. The van der Waals surface area contributed by atoms with Gasteiger partial charge in [0.1, 0.15) is 17.5 Å². The minimum atomic E-state index is -0.537. The molecule has 1 aromatic carbocycles. The zero-order valence-corrected chi connectivity index (χ0v) is 16.6. The first-order chi connectivity index (χ1) is 13.9. The largest absolute Gasteiger partial charge is 0.356 e. The molecule has 5 rings (SSSR count). The maximum atomic E-state index is 13.6. The van der Waals surface area contributed by atoms with Crippen LogP contribution in [0.1, 0.15) is 32.3 Å². The van der Waals surface area contributed by atoms with Gasteiger partial charge < -0.3 is 4.90 Å². The number of anilines is 2. The summed E-state index contributed by atoms with van der Waals surface area (Å²) < 4.78 is 13.6. The maximum absolute atomic E-state index is 13.6. The number of amides is 1. The summed E-state index contributed by atoms with van der Waals surface area (Å²) in [5.41, 5.74) is 1.13. The van der Waals surface area contributed by atoms with E-state index >= 15 is 0 Å². The average Bonchev–Trinajstić information content (AvgIpc) is 2.94. The molecule has 0 N–H and O–H groups in total. The first-order valence-corrected chi connectivity index (χ1v) is 10.1. The highest BCUT2D eigenvalue weighted by Gasteiger charge is 2.47. The van der Waals surface area contributed by atoms with Gasteiger partial charge in [0.05, 0.1) is 10.9 Å². The number of carbonyl (C=O) groups is 1. The van der Waals surface area contributed by atoms with Crippen molar-refractivity contribution < 1.29 is 9.18 Å². The number of piperidine rings is 1. The zero-order chi connectivity index (χ0) is 20.2. The van der Waals surface area contributed by atoms with Crippen molar-refractivity contribution in [2.75, 3.05) is 22.9 Å². The molecule has 6 heteroatoms. The van der Waals surface area contributed by atoms with Gasteiger partial charge in [-0.25, -0.2) is 14.4 Å². The lowest BCUT2D eigenvalue weighted by molar-refractivity contribution is -0.122. The van der Waals surface area contributed by atoms with Gasteiger partial charge in [-0.15, -0.1) is 0 Å². The minimum Gasteiger partial charge on any atom is -0.356 e. The van der Waals surface area contributed by atoms with E-state index in [1.807, 2.05) is 43.0 Å². The van der Waals surface area contributed by atoms with E-state index in [-0.39, 0.29) is 17.8 Å². The van der Waals surface area contributed by atoms with Crippen molar-refractivity contribution in [3.8, 4) is 0 Å². The fourth-order valence-electron chi connectivity index (χ4n) is 4.54. The number of aromatic nitrogens is 2. The van der Waals surface area contributed by atoms with Crippen molar-refractivity contribution in [3.05, 3.63) is 60.0 Å². The number of fused-ring (bicyclic) bond motifs is 2. The van der Waals surface area contributed by atoms with Crippen molar-refractivity contribution in [2.45, 2.75) is 38.1 Å². The highest BCUT2D eigenvalue weighted by Crippen LogP contribution is 2.42. The number of halogens is 1. The second kappa shape index (κ2) is 6.51. The van der Waals surface area contributed by atoms with Crippen LogP contribution < -0.4 is 9.80 Å². The molecule has 0 unspecified atom stereocenters. The molecule has 1 saturated heterocycles. The second-order valence-corrected chi connectivity index (χ2v) is 8.40. The Hall–Kier alpha value is -3.02. The van der Waals surface area contributed by atoms with Gasteiger partial charge >= 0.3 is 0 Å². The predicted molar refractivity (Wildman–Crippen MR) is 112 cm³/mol. The maximum Gasteiger partial charge on any atom is 0.238 e. The van der Waals surface area contributed by atoms with E-state index in [4.69, 9.17) is 0 Å². The quantitative estimate of drug-likeness (QED) is 0.662. The Morgan fingerprint density at radius 2 is 1.86 bits per heavy atom. The monoisotopic (exact) mass is 390 g/mol. The van der Waals surface area contributed by atoms with Gasteiger partial charge in [0.25, 0.3) is 0 Å². The third-order valence-corrected chi connectivity index (χ3v) is 6.23. The Labute approximate surface area is 169 Å². The molecule has 2 aliphatic heterocycles. The van der Waals surface area contributed by atoms with Crippen molar-refractivity contribution in [1.82, 2.24) is 9.97 Å². The van der Waals surface area contributed by atoms with Gasteiger partial charge in [-0.2, -0.15) is 0 Å². The first kappa shape index (κ1) is 18.0. The van der Waals surface area contributed by atoms with Crippen LogP contribution in [-0.2, 0) is 10.2 Å². The summed E-state index contributed by atoms with van der Waals surface area (Å²) in [5, 5.41) is 0.928. The summed E-state index contributed by atoms with van der Waals surface area (Å²) in [7, 11) is 0. The molecule has 148 valence electrons. The van der Waals surface area contributed by atoms with Gasteiger partial charge in [0.15, 0.2) is 0 Å². The molecule has 1 amide bonds. The molecule has 2 aliphatic rings. The molecule has 5 nitrogen and oxygen atoms in total. The van der Waals surface area contributed by atoms with Gasteiger partial charge in [-0.1, -0.05) is 6.07 Å². The van der Waals surface area contributed by atoms with Crippen molar-refractivity contribution in [3.63, 3.8) is 0 Å². The number of benzene rings is 1. The van der Waals surface area contributed by atoms with Gasteiger partial charge in [-0.05, 0) is 57.0 Å². The average molecular weight is 390 g/mol. The Bertz CT molecular complexity index is 1100. The lowest BCUT2D eigenvalue weighted by atomic mass is 9.87. The lowest BCUT2D eigenvalue weighted by Crippen LogP contribution is -2.49. The van der Waals surface area contributed by atoms with Crippen molar-refractivity contribution in [2.24, 2.45) is 0 Å². The van der Waals surface area contributed by atoms with Crippen LogP contribution in [-0.4, -0.2) is 35.0 Å². The number of rotatable bonds is 2. The number of nitrogens with zero attached hydrogens (tertiary/aromatic N) is 4. The molecule has 0 spiro atoms. The third-order valence-electron chi connectivity index (χ3n) is 6.23. The Kier molecular flexibility index (Phi) is 4.05. The lowest BCUT2D eigenvalue weighted by Gasteiger charge is -2.37. The fraction of sp³-hybridized carbons (Fsp3) is 0.348. The normalized spacial score (nSPS) is 19.1. The smallest absolute Gasteiger partial charge is 0.238 e. The van der Waals surface area contributed by atoms with Crippen LogP contribution in [0.4, 0.5) is 16.0 Å². The van der Waals surface area contributed by atoms with E-state index in [1.165, 1.54) is 12.1 Å². The SMILES string of the molecule is CC1(C)C(=O)N(C2CCN(c3ccc4ccc(F)cc4n3)CC2)c2ncccc21. The minimum absolute atomic E-state index is 0.129. The number of carbonyl (C=O) groups excluding carboxylic acids is 1. The number of hydrogen-bond acceptors (Lipinski definition) is 4. The number of hydrogen-bond donors (Lipinski definition) is 0. The second-order valence-electron chi connectivity index (χ2n) is 8.40. The standard InChI is InChI=1S/C23H23FN4O/c1-23(2)18-4-3-11-25-21(18)28(22(23)29)17-9-12-27(13-10-17)20-8-6-15-5-7-16(24)14-19(15)26-20/h3-8,11,14,17H,9-10,12-13H2,1-2H3. The topological polar surface area (TPSA) is 49.3 Å². The molecule has 3 aromatic rings. The van der Waals surface area contributed by atoms with E-state index in [2.05, 4.69) is 14.9 Å². The van der Waals surface area contributed by atoms with Crippen LogP contribution in [0.3, 0.4) is 0 Å². The van der Waals surface area contributed by atoms with Crippen LogP contribution in [0.5, 0.6) is 0 Å². The highest BCUT2D eigenvalue weighted by molar-refractivity contribution is 6.07. The summed E-state index contributed by atoms with van der Waals surface area (Å²) >= 11 is 0. The van der Waals surface area contributed by atoms with Gasteiger partial charge in [0, 0.05) is 42.3 Å². The predicted octanol–water partition coefficient (Wildman–Crippen LogP) is 4.06. The van der Waals surface area contributed by atoms with Crippen molar-refractivity contribution in [1.29, 1.82) is 0 Å². The van der Waals surface area contributed by atoms with E-state index in [9.17, 15) is 9.18 Å². The third kappa shape index (κ3) is 2.85. The van der Waals surface area contributed by atoms with Crippen LogP contribution >= 0.6 is 0 Å². The van der Waals surface area contributed by atoms with E-state index in [0.717, 1.165) is 48.5 Å². The molecule has 0 bridgehead atoms. The van der Waals surface area contributed by atoms with E-state index in [0.29, 0.717) is 5.52 Å². The van der Waals surface area contributed by atoms with Crippen LogP contribution in [0.15, 0.2) is 48.7 Å². The Morgan fingerprint density at radius 3 is 2.66 bits per heavy atom. The molecule has 0 radical (unpaired) electrons. The van der Waals surface area contributed by atoms with Crippen LogP contribution in [0.2, 0.25) is 0 Å². The van der Waals surface area contributed by atoms with E-state index < -0.39 is 5.41 Å². The van der Waals surface area contributed by atoms with Crippen LogP contribution in [0, 0.1) is 5.82 Å². The molecule has 4 heterocycles. The van der Waals surface area contributed by atoms with Crippen molar-refractivity contribution >= 4 is 28.4 Å². The molecule has 0 aliphatic carbocycles. The number of pyridine rings is 2. The summed E-state index contributed by atoms with van der Waals surface area (Å²) in [4.78, 5) is 26.4. The zero-order valence-electron chi connectivity index (χ0n) is 16.6. The molecular weight excluding hydrogens is 367 g/mol. The summed E-state index contributed by atoms with van der Waals surface area (Å²) in [6.07, 6.45) is 3.45. The highest BCUT2D eigenvalue weighted by atomic mass is 19.1. The van der Waals surface area contributed by atoms with Gasteiger partial charge in [0.2, 0.25) is 5.91 Å². The molecule has 1 fully saturated rings. The molecule has 0 atom stereocenters. The van der Waals surface area contributed by atoms with E-state index in [1.54, 1.807) is 12.3 Å². The summed E-state index contributed by atoms with van der Waals surface area (Å²) in [5.74, 6) is 1.51. The fourth-order valence-corrected chi connectivity index (χ4v) is 4.54. The summed E-state index contributed by atoms with van der Waals surface area (Å²) in [6.45, 7) is 5.54. The van der Waals surface area contributed by atoms with Gasteiger partial charge in [-0.3, -0.25) is 9.69 Å². The Morgan fingerprint density at radius 1 is 1.10 bits per heavy atom. The molecular formula is C23H23FN4O. The van der Waals surface area contributed by atoms with Crippen LogP contribution in [0.25, 0.3) is 10.9 Å². The molecule has 29 heavy (non-hydrogen) atoms. The Balaban J connectivity index is 1.37.